The fourth-order valence-electron chi connectivity index (χ4n) is 3.59. The van der Waals surface area contributed by atoms with Crippen LogP contribution in [-0.2, 0) is 9.84 Å². The fraction of sp³-hybridized carbons (Fsp3) is 0.588. The van der Waals surface area contributed by atoms with Crippen molar-refractivity contribution in [3.63, 3.8) is 0 Å². The van der Waals surface area contributed by atoms with Crippen LogP contribution in [0.4, 0.5) is 0 Å². The van der Waals surface area contributed by atoms with Gasteiger partial charge in [-0.05, 0) is 31.0 Å². The molecule has 1 aromatic rings. The van der Waals surface area contributed by atoms with E-state index in [2.05, 4.69) is 10.2 Å². The molecule has 1 unspecified atom stereocenters. The summed E-state index contributed by atoms with van der Waals surface area (Å²) in [4.78, 5) is 17.3. The Bertz CT molecular complexity index is 727. The van der Waals surface area contributed by atoms with E-state index in [0.29, 0.717) is 17.2 Å². The van der Waals surface area contributed by atoms with E-state index in [1.807, 2.05) is 4.90 Å². The standard InChI is InChI=1S/C17H25N3O3S/c1-13-3-4-14(11-16(13)24(2,22)23)17(21)20-8-5-15(12-20)19-9-6-18-7-10-19/h3-4,11,15,18H,5-10,12H2,1-2H3. The van der Waals surface area contributed by atoms with Gasteiger partial charge in [0.15, 0.2) is 9.84 Å². The monoisotopic (exact) mass is 351 g/mol. The van der Waals surface area contributed by atoms with Gasteiger partial charge >= 0.3 is 0 Å². The van der Waals surface area contributed by atoms with Gasteiger partial charge in [-0.3, -0.25) is 9.69 Å². The Balaban J connectivity index is 1.73. The van der Waals surface area contributed by atoms with E-state index in [0.717, 1.165) is 45.7 Å². The van der Waals surface area contributed by atoms with Crippen LogP contribution in [0.15, 0.2) is 23.1 Å². The van der Waals surface area contributed by atoms with Gasteiger partial charge in [0, 0.05) is 57.1 Å². The molecule has 0 radical (unpaired) electrons. The summed E-state index contributed by atoms with van der Waals surface area (Å²) >= 11 is 0. The number of likely N-dealkylation sites (tertiary alicyclic amines) is 1. The number of piperazine rings is 1. The van der Waals surface area contributed by atoms with Crippen LogP contribution < -0.4 is 5.32 Å². The van der Waals surface area contributed by atoms with Crippen LogP contribution in [-0.4, -0.2) is 75.7 Å². The molecule has 132 valence electrons. The summed E-state index contributed by atoms with van der Waals surface area (Å²) in [5.41, 5.74) is 1.14. The van der Waals surface area contributed by atoms with Crippen molar-refractivity contribution in [3.8, 4) is 0 Å². The summed E-state index contributed by atoms with van der Waals surface area (Å²) in [5.74, 6) is -0.0717. The highest BCUT2D eigenvalue weighted by molar-refractivity contribution is 7.90. The summed E-state index contributed by atoms with van der Waals surface area (Å²) in [5, 5.41) is 3.34. The zero-order valence-corrected chi connectivity index (χ0v) is 15.1. The lowest BCUT2D eigenvalue weighted by atomic mass is 10.1. The van der Waals surface area contributed by atoms with E-state index < -0.39 is 9.84 Å². The highest BCUT2D eigenvalue weighted by Crippen LogP contribution is 2.22. The second-order valence-electron chi connectivity index (χ2n) is 6.73. The summed E-state index contributed by atoms with van der Waals surface area (Å²) in [6.07, 6.45) is 2.16. The summed E-state index contributed by atoms with van der Waals surface area (Å²) < 4.78 is 23.7. The van der Waals surface area contributed by atoms with E-state index in [1.54, 1.807) is 19.1 Å². The van der Waals surface area contributed by atoms with Gasteiger partial charge in [0.25, 0.3) is 5.91 Å². The third-order valence-corrected chi connectivity index (χ3v) is 6.19. The molecule has 2 heterocycles. The number of amides is 1. The molecule has 0 spiro atoms. The van der Waals surface area contributed by atoms with Crippen LogP contribution in [0.25, 0.3) is 0 Å². The molecule has 2 aliphatic heterocycles. The van der Waals surface area contributed by atoms with Gasteiger partial charge in [-0.2, -0.15) is 0 Å². The molecular weight excluding hydrogens is 326 g/mol. The highest BCUT2D eigenvalue weighted by Gasteiger charge is 2.31. The number of carbonyl (C=O) groups excluding carboxylic acids is 1. The Morgan fingerprint density at radius 3 is 2.58 bits per heavy atom. The third-order valence-electron chi connectivity index (χ3n) is 4.95. The number of aryl methyl sites for hydroxylation is 1. The van der Waals surface area contributed by atoms with Crippen molar-refractivity contribution in [1.82, 2.24) is 15.1 Å². The Morgan fingerprint density at radius 2 is 1.92 bits per heavy atom. The van der Waals surface area contributed by atoms with Gasteiger partial charge in [-0.15, -0.1) is 0 Å². The normalized spacial score (nSPS) is 22.8. The molecule has 0 bridgehead atoms. The van der Waals surface area contributed by atoms with Gasteiger partial charge in [0.1, 0.15) is 0 Å². The van der Waals surface area contributed by atoms with E-state index in [4.69, 9.17) is 0 Å². The summed E-state index contributed by atoms with van der Waals surface area (Å²) in [7, 11) is -3.33. The van der Waals surface area contributed by atoms with Crippen LogP contribution in [0.1, 0.15) is 22.3 Å². The van der Waals surface area contributed by atoms with E-state index >= 15 is 0 Å². The number of nitrogens with one attached hydrogen (secondary N) is 1. The van der Waals surface area contributed by atoms with Crippen molar-refractivity contribution in [3.05, 3.63) is 29.3 Å². The Morgan fingerprint density at radius 1 is 1.21 bits per heavy atom. The average Bonchev–Trinajstić information content (AvgIpc) is 3.04. The van der Waals surface area contributed by atoms with E-state index in [1.165, 1.54) is 12.3 Å². The molecule has 1 atom stereocenters. The van der Waals surface area contributed by atoms with Crippen molar-refractivity contribution < 1.29 is 13.2 Å². The number of hydrogen-bond acceptors (Lipinski definition) is 5. The maximum absolute atomic E-state index is 12.8. The molecule has 0 saturated carbocycles. The van der Waals surface area contributed by atoms with Gasteiger partial charge in [-0.25, -0.2) is 8.42 Å². The number of nitrogens with zero attached hydrogens (tertiary/aromatic N) is 2. The Kier molecular flexibility index (Phi) is 4.94. The number of sulfone groups is 1. The minimum Gasteiger partial charge on any atom is -0.337 e. The molecule has 2 aliphatic rings. The summed E-state index contributed by atoms with van der Waals surface area (Å²) in [6, 6.07) is 5.37. The first kappa shape index (κ1) is 17.4. The van der Waals surface area contributed by atoms with E-state index in [-0.39, 0.29) is 10.8 Å². The topological polar surface area (TPSA) is 69.7 Å². The van der Waals surface area contributed by atoms with Gasteiger partial charge in [-0.1, -0.05) is 6.07 Å². The minimum atomic E-state index is -3.33. The molecule has 7 heteroatoms. The molecule has 24 heavy (non-hydrogen) atoms. The SMILES string of the molecule is Cc1ccc(C(=O)N2CCC(N3CCNCC3)C2)cc1S(C)(=O)=O. The van der Waals surface area contributed by atoms with Gasteiger partial charge < -0.3 is 10.2 Å². The highest BCUT2D eigenvalue weighted by atomic mass is 32.2. The molecule has 0 aromatic heterocycles. The predicted molar refractivity (Wildman–Crippen MR) is 93.0 cm³/mol. The lowest BCUT2D eigenvalue weighted by Gasteiger charge is -2.32. The van der Waals surface area contributed by atoms with Crippen LogP contribution in [0.2, 0.25) is 0 Å². The third kappa shape index (κ3) is 3.63. The van der Waals surface area contributed by atoms with Gasteiger partial charge in [0.2, 0.25) is 0 Å². The van der Waals surface area contributed by atoms with Crippen molar-refractivity contribution in [2.75, 3.05) is 45.5 Å². The second-order valence-corrected chi connectivity index (χ2v) is 8.72. The quantitative estimate of drug-likeness (QED) is 0.860. The fourth-order valence-corrected chi connectivity index (χ4v) is 4.58. The van der Waals surface area contributed by atoms with Crippen molar-refractivity contribution >= 4 is 15.7 Å². The first-order valence-electron chi connectivity index (χ1n) is 8.41. The first-order chi connectivity index (χ1) is 11.4. The number of carbonyl (C=O) groups is 1. The van der Waals surface area contributed by atoms with Gasteiger partial charge in [0.05, 0.1) is 4.90 Å². The Labute approximate surface area is 143 Å². The number of rotatable bonds is 3. The number of benzene rings is 1. The van der Waals surface area contributed by atoms with Crippen molar-refractivity contribution in [1.29, 1.82) is 0 Å². The largest absolute Gasteiger partial charge is 0.337 e. The smallest absolute Gasteiger partial charge is 0.253 e. The molecule has 1 amide bonds. The zero-order chi connectivity index (χ0) is 17.3. The average molecular weight is 351 g/mol. The van der Waals surface area contributed by atoms with Crippen LogP contribution in [0.3, 0.4) is 0 Å². The molecule has 1 aromatic carbocycles. The maximum atomic E-state index is 12.8. The maximum Gasteiger partial charge on any atom is 0.253 e. The molecular formula is C17H25N3O3S. The van der Waals surface area contributed by atoms with Crippen molar-refractivity contribution in [2.45, 2.75) is 24.3 Å². The second kappa shape index (κ2) is 6.82. The molecule has 0 aliphatic carbocycles. The lowest BCUT2D eigenvalue weighted by molar-refractivity contribution is 0.0773. The van der Waals surface area contributed by atoms with Crippen molar-refractivity contribution in [2.24, 2.45) is 0 Å². The van der Waals surface area contributed by atoms with Crippen LogP contribution in [0.5, 0.6) is 0 Å². The van der Waals surface area contributed by atoms with Crippen LogP contribution >= 0.6 is 0 Å². The molecule has 3 rings (SSSR count). The molecule has 1 N–H and O–H groups in total. The number of hydrogen-bond donors (Lipinski definition) is 1. The minimum absolute atomic E-state index is 0.0717. The molecule has 6 nitrogen and oxygen atoms in total. The van der Waals surface area contributed by atoms with Crippen LogP contribution in [0, 0.1) is 6.92 Å². The Hall–Kier alpha value is -1.44. The molecule has 2 saturated heterocycles. The predicted octanol–water partition coefficient (Wildman–Crippen LogP) is 0.518. The van der Waals surface area contributed by atoms with E-state index in [9.17, 15) is 13.2 Å². The first-order valence-corrected chi connectivity index (χ1v) is 10.3. The molecule has 2 fully saturated rings. The summed E-state index contributed by atoms with van der Waals surface area (Å²) in [6.45, 7) is 7.25. The zero-order valence-electron chi connectivity index (χ0n) is 14.3. The lowest BCUT2D eigenvalue weighted by Crippen LogP contribution is -2.49.